The number of rotatable bonds is 6. The van der Waals surface area contributed by atoms with Crippen molar-refractivity contribution >= 4 is 46.6 Å². The minimum atomic E-state index is -0.276. The molecule has 2 aromatic heterocycles. The molecular formula is C19H15Cl2N7OS. The fraction of sp³-hybridized carbons (Fsp3) is 0.0526. The highest BCUT2D eigenvalue weighted by Gasteiger charge is 2.16. The Morgan fingerprint density at radius 1 is 1.13 bits per heavy atom. The van der Waals surface area contributed by atoms with Gasteiger partial charge in [-0.2, -0.15) is 5.10 Å². The smallest absolute Gasteiger partial charge is 0.234 e. The van der Waals surface area contributed by atoms with Crippen LogP contribution in [0, 0.1) is 0 Å². The molecule has 0 aliphatic heterocycles. The zero-order valence-electron chi connectivity index (χ0n) is 15.3. The largest absolute Gasteiger partial charge is 0.335 e. The minimum absolute atomic E-state index is 0.0659. The van der Waals surface area contributed by atoms with Crippen molar-refractivity contribution in [2.24, 2.45) is 0 Å². The lowest BCUT2D eigenvalue weighted by molar-refractivity contribution is -0.113. The van der Waals surface area contributed by atoms with Crippen molar-refractivity contribution in [1.29, 1.82) is 0 Å². The molecule has 152 valence electrons. The van der Waals surface area contributed by atoms with E-state index in [1.165, 1.54) is 4.68 Å². The molecule has 0 radical (unpaired) electrons. The van der Waals surface area contributed by atoms with Gasteiger partial charge in [-0.15, -0.1) is 10.2 Å². The number of hydrogen-bond donors (Lipinski definition) is 3. The maximum absolute atomic E-state index is 12.2. The van der Waals surface area contributed by atoms with Gasteiger partial charge in [-0.25, -0.2) is 4.68 Å². The summed E-state index contributed by atoms with van der Waals surface area (Å²) in [5, 5.41) is 19.3. The highest BCUT2D eigenvalue weighted by molar-refractivity contribution is 7.99. The highest BCUT2D eigenvalue weighted by Crippen LogP contribution is 2.27. The van der Waals surface area contributed by atoms with E-state index in [1.807, 2.05) is 36.4 Å². The van der Waals surface area contributed by atoms with Gasteiger partial charge in [-0.3, -0.25) is 9.89 Å². The van der Waals surface area contributed by atoms with Crippen molar-refractivity contribution in [3.05, 3.63) is 64.6 Å². The molecule has 0 saturated heterocycles. The van der Waals surface area contributed by atoms with Crippen LogP contribution in [0.1, 0.15) is 0 Å². The molecule has 0 unspecified atom stereocenters. The first-order valence-electron chi connectivity index (χ1n) is 8.70. The summed E-state index contributed by atoms with van der Waals surface area (Å²) in [5.74, 6) is 6.32. The number of H-pyrrole nitrogens is 1. The summed E-state index contributed by atoms with van der Waals surface area (Å²) < 4.78 is 1.31. The summed E-state index contributed by atoms with van der Waals surface area (Å²) in [7, 11) is 0. The van der Waals surface area contributed by atoms with Crippen molar-refractivity contribution in [1.82, 2.24) is 25.1 Å². The van der Waals surface area contributed by atoms with Gasteiger partial charge in [0.15, 0.2) is 0 Å². The van der Waals surface area contributed by atoms with Gasteiger partial charge in [-0.1, -0.05) is 65.3 Å². The summed E-state index contributed by atoms with van der Waals surface area (Å²) in [5.41, 5.74) is 2.79. The fourth-order valence-electron chi connectivity index (χ4n) is 2.66. The average molecular weight is 460 g/mol. The van der Waals surface area contributed by atoms with Crippen LogP contribution in [0.4, 0.5) is 5.69 Å². The SMILES string of the molecule is Nn1c(SCC(=O)Nc2cc(Cl)ccc2Cl)nnc1-c1cc(-c2ccccc2)n[nH]1. The molecule has 11 heteroatoms. The summed E-state index contributed by atoms with van der Waals surface area (Å²) in [6, 6.07) is 16.4. The molecule has 0 saturated carbocycles. The first kappa shape index (κ1) is 20.3. The van der Waals surface area contributed by atoms with Crippen LogP contribution in [-0.4, -0.2) is 36.7 Å². The van der Waals surface area contributed by atoms with E-state index in [0.717, 1.165) is 23.0 Å². The molecule has 0 fully saturated rings. The van der Waals surface area contributed by atoms with Crippen molar-refractivity contribution in [3.63, 3.8) is 0 Å². The van der Waals surface area contributed by atoms with Crippen molar-refractivity contribution in [2.75, 3.05) is 16.9 Å². The predicted molar refractivity (Wildman–Crippen MR) is 119 cm³/mol. The molecular weight excluding hydrogens is 445 g/mol. The van der Waals surface area contributed by atoms with Crippen molar-refractivity contribution < 1.29 is 4.79 Å². The molecule has 4 rings (SSSR count). The number of nitrogens with one attached hydrogen (secondary N) is 2. The third-order valence-electron chi connectivity index (χ3n) is 4.09. The number of aromatic amines is 1. The number of carbonyl (C=O) groups is 1. The average Bonchev–Trinajstić information content (AvgIpc) is 3.37. The lowest BCUT2D eigenvalue weighted by atomic mass is 10.1. The van der Waals surface area contributed by atoms with E-state index < -0.39 is 0 Å². The molecule has 0 atom stereocenters. The number of nitrogens with two attached hydrogens (primary N) is 1. The monoisotopic (exact) mass is 459 g/mol. The Hall–Kier alpha value is -3.01. The Labute approximate surface area is 185 Å². The quantitative estimate of drug-likeness (QED) is 0.295. The van der Waals surface area contributed by atoms with Crippen LogP contribution in [0.3, 0.4) is 0 Å². The summed E-state index contributed by atoms with van der Waals surface area (Å²) in [6.45, 7) is 0. The normalized spacial score (nSPS) is 10.9. The summed E-state index contributed by atoms with van der Waals surface area (Å²) in [4.78, 5) is 12.2. The Balaban J connectivity index is 1.43. The van der Waals surface area contributed by atoms with Gasteiger partial charge in [0.1, 0.15) is 5.69 Å². The van der Waals surface area contributed by atoms with E-state index in [0.29, 0.717) is 32.4 Å². The second-order valence-electron chi connectivity index (χ2n) is 6.17. The molecule has 4 N–H and O–H groups in total. The number of halogens is 2. The first-order chi connectivity index (χ1) is 14.5. The summed E-state index contributed by atoms with van der Waals surface area (Å²) in [6.07, 6.45) is 0. The van der Waals surface area contributed by atoms with Gasteiger partial charge in [0.05, 0.1) is 22.2 Å². The number of thioether (sulfide) groups is 1. The maximum atomic E-state index is 12.2. The molecule has 2 aromatic carbocycles. The molecule has 0 aliphatic carbocycles. The Kier molecular flexibility index (Phi) is 5.93. The lowest BCUT2D eigenvalue weighted by Crippen LogP contribution is -2.16. The number of nitrogen functional groups attached to an aromatic ring is 1. The van der Waals surface area contributed by atoms with Crippen LogP contribution in [0.25, 0.3) is 22.8 Å². The number of nitrogens with zero attached hydrogens (tertiary/aromatic N) is 4. The lowest BCUT2D eigenvalue weighted by Gasteiger charge is -2.07. The number of anilines is 1. The van der Waals surface area contributed by atoms with Crippen molar-refractivity contribution in [3.8, 4) is 22.8 Å². The van der Waals surface area contributed by atoms with Gasteiger partial charge in [0.25, 0.3) is 0 Å². The molecule has 30 heavy (non-hydrogen) atoms. The third-order valence-corrected chi connectivity index (χ3v) is 5.60. The second-order valence-corrected chi connectivity index (χ2v) is 7.96. The Morgan fingerprint density at radius 3 is 2.73 bits per heavy atom. The number of benzene rings is 2. The molecule has 0 spiro atoms. The number of hydrogen-bond acceptors (Lipinski definition) is 6. The molecule has 4 aromatic rings. The number of amides is 1. The van der Waals surface area contributed by atoms with Gasteiger partial charge < -0.3 is 11.2 Å². The molecule has 8 nitrogen and oxygen atoms in total. The van der Waals surface area contributed by atoms with E-state index in [2.05, 4.69) is 25.7 Å². The van der Waals surface area contributed by atoms with Crippen LogP contribution in [0.2, 0.25) is 10.0 Å². The van der Waals surface area contributed by atoms with E-state index >= 15 is 0 Å². The fourth-order valence-corrected chi connectivity index (χ4v) is 3.66. The van der Waals surface area contributed by atoms with E-state index in [9.17, 15) is 4.79 Å². The van der Waals surface area contributed by atoms with E-state index in [-0.39, 0.29) is 11.7 Å². The van der Waals surface area contributed by atoms with Crippen LogP contribution in [0.15, 0.2) is 59.8 Å². The Bertz CT molecular complexity index is 1190. The van der Waals surface area contributed by atoms with Gasteiger partial charge in [0, 0.05) is 10.6 Å². The minimum Gasteiger partial charge on any atom is -0.335 e. The zero-order chi connectivity index (χ0) is 21.1. The van der Waals surface area contributed by atoms with Crippen LogP contribution in [0.5, 0.6) is 0 Å². The zero-order valence-corrected chi connectivity index (χ0v) is 17.7. The molecule has 0 aliphatic rings. The van der Waals surface area contributed by atoms with Gasteiger partial charge in [0.2, 0.25) is 16.9 Å². The van der Waals surface area contributed by atoms with Crippen LogP contribution >= 0.6 is 35.0 Å². The van der Waals surface area contributed by atoms with E-state index in [1.54, 1.807) is 18.2 Å². The third kappa shape index (κ3) is 4.43. The second kappa shape index (κ2) is 8.78. The number of aromatic nitrogens is 5. The Morgan fingerprint density at radius 2 is 1.93 bits per heavy atom. The first-order valence-corrected chi connectivity index (χ1v) is 10.4. The van der Waals surface area contributed by atoms with Crippen LogP contribution in [-0.2, 0) is 4.79 Å². The summed E-state index contributed by atoms with van der Waals surface area (Å²) >= 11 is 13.1. The van der Waals surface area contributed by atoms with Gasteiger partial charge in [-0.05, 0) is 24.3 Å². The predicted octanol–water partition coefficient (Wildman–Crippen LogP) is 4.09. The topological polar surface area (TPSA) is 115 Å². The van der Waals surface area contributed by atoms with Gasteiger partial charge >= 0.3 is 0 Å². The molecule has 2 heterocycles. The van der Waals surface area contributed by atoms with E-state index in [4.69, 9.17) is 29.0 Å². The number of carbonyl (C=O) groups excluding carboxylic acids is 1. The highest BCUT2D eigenvalue weighted by atomic mass is 35.5. The standard InChI is InChI=1S/C19H15Cl2N7OS/c20-12-6-7-13(21)15(8-12)23-17(29)10-30-19-27-26-18(28(19)22)16-9-14(24-25-16)11-4-2-1-3-5-11/h1-9H,10,22H2,(H,23,29)(H,24,25). The van der Waals surface area contributed by atoms with Crippen molar-refractivity contribution in [2.45, 2.75) is 5.16 Å². The molecule has 1 amide bonds. The maximum Gasteiger partial charge on any atom is 0.234 e. The van der Waals surface area contributed by atoms with Crippen LogP contribution < -0.4 is 11.2 Å². The molecule has 0 bridgehead atoms.